The molecule has 1 fully saturated rings. The number of rotatable bonds is 5. The first-order chi connectivity index (χ1) is 9.15. The van der Waals surface area contributed by atoms with Crippen LogP contribution in [0, 0.1) is 0 Å². The van der Waals surface area contributed by atoms with Gasteiger partial charge in [0, 0.05) is 50.8 Å². The summed E-state index contributed by atoms with van der Waals surface area (Å²) < 4.78 is 0. The van der Waals surface area contributed by atoms with Gasteiger partial charge in [-0.15, -0.1) is 11.3 Å². The van der Waals surface area contributed by atoms with Crippen LogP contribution in [0.4, 0.5) is 0 Å². The second kappa shape index (κ2) is 6.98. The van der Waals surface area contributed by atoms with Gasteiger partial charge in [0.25, 0.3) is 0 Å². The zero-order chi connectivity index (χ0) is 13.7. The van der Waals surface area contributed by atoms with Crippen LogP contribution in [0.5, 0.6) is 0 Å². The van der Waals surface area contributed by atoms with Gasteiger partial charge in [-0.3, -0.25) is 14.7 Å². The second-order valence-corrected chi connectivity index (χ2v) is 6.16. The van der Waals surface area contributed by atoms with Crippen LogP contribution < -0.4 is 5.32 Å². The van der Waals surface area contributed by atoms with E-state index in [0.29, 0.717) is 12.6 Å². The molecule has 0 aromatic carbocycles. The van der Waals surface area contributed by atoms with Crippen LogP contribution in [0.3, 0.4) is 0 Å². The molecule has 2 heterocycles. The summed E-state index contributed by atoms with van der Waals surface area (Å²) >= 11 is 1.69. The van der Waals surface area contributed by atoms with E-state index in [1.54, 1.807) is 16.2 Å². The molecule has 1 amide bonds. The van der Waals surface area contributed by atoms with Gasteiger partial charge in [0.1, 0.15) is 0 Å². The lowest BCUT2D eigenvalue weighted by atomic mass is 10.1. The van der Waals surface area contributed by atoms with Gasteiger partial charge in [-0.25, -0.2) is 0 Å². The van der Waals surface area contributed by atoms with E-state index in [0.717, 1.165) is 32.5 Å². The van der Waals surface area contributed by atoms with E-state index in [4.69, 9.17) is 0 Å². The fraction of sp³-hybridized carbons (Fsp3) is 0.692. The van der Waals surface area contributed by atoms with Crippen LogP contribution in [-0.2, 0) is 11.3 Å². The Balaban J connectivity index is 1.66. The van der Waals surface area contributed by atoms with E-state index in [1.165, 1.54) is 4.88 Å². The van der Waals surface area contributed by atoms with Gasteiger partial charge in [0.05, 0.1) is 12.1 Å². The number of likely N-dealkylation sites (tertiary alicyclic amines) is 1. The zero-order valence-electron chi connectivity index (χ0n) is 11.6. The fourth-order valence-electron chi connectivity index (χ4n) is 2.20. The van der Waals surface area contributed by atoms with Crippen molar-refractivity contribution in [1.29, 1.82) is 0 Å². The molecule has 0 saturated carbocycles. The van der Waals surface area contributed by atoms with E-state index in [2.05, 4.69) is 15.2 Å². The minimum atomic E-state index is 0.191. The highest BCUT2D eigenvalue weighted by Crippen LogP contribution is 2.12. The maximum Gasteiger partial charge on any atom is 0.236 e. The van der Waals surface area contributed by atoms with Crippen LogP contribution in [0.25, 0.3) is 0 Å². The lowest BCUT2D eigenvalue weighted by Gasteiger charge is -2.32. The molecule has 0 unspecified atom stereocenters. The van der Waals surface area contributed by atoms with Gasteiger partial charge in [-0.1, -0.05) is 0 Å². The van der Waals surface area contributed by atoms with Crippen molar-refractivity contribution in [3.63, 3.8) is 0 Å². The lowest BCUT2D eigenvalue weighted by Crippen LogP contribution is -2.45. The van der Waals surface area contributed by atoms with Gasteiger partial charge in [-0.05, 0) is 12.8 Å². The largest absolute Gasteiger partial charge is 0.348 e. The van der Waals surface area contributed by atoms with Crippen LogP contribution in [0.2, 0.25) is 0 Å². The SMILES string of the molecule is CN(C)C(=O)CN1CCC(NCc2cncs2)CC1. The Morgan fingerprint density at radius 3 is 2.84 bits per heavy atom. The van der Waals surface area contributed by atoms with Crippen molar-refractivity contribution in [3.8, 4) is 0 Å². The van der Waals surface area contributed by atoms with Gasteiger partial charge in [-0.2, -0.15) is 0 Å². The number of nitrogens with zero attached hydrogens (tertiary/aromatic N) is 3. The minimum Gasteiger partial charge on any atom is -0.348 e. The van der Waals surface area contributed by atoms with Crippen LogP contribution in [-0.4, -0.2) is 60.5 Å². The van der Waals surface area contributed by atoms with Crippen LogP contribution >= 0.6 is 11.3 Å². The number of carbonyl (C=O) groups excluding carboxylic acids is 1. The first kappa shape index (κ1) is 14.4. The summed E-state index contributed by atoms with van der Waals surface area (Å²) in [6.45, 7) is 3.46. The molecule has 1 N–H and O–H groups in total. The maximum atomic E-state index is 11.6. The third-order valence-electron chi connectivity index (χ3n) is 3.49. The summed E-state index contributed by atoms with van der Waals surface area (Å²) in [5.41, 5.74) is 1.87. The topological polar surface area (TPSA) is 48.5 Å². The fourth-order valence-corrected chi connectivity index (χ4v) is 2.75. The molecule has 0 spiro atoms. The Bertz CT molecular complexity index is 385. The molecule has 5 nitrogen and oxygen atoms in total. The Morgan fingerprint density at radius 1 is 1.53 bits per heavy atom. The Morgan fingerprint density at radius 2 is 2.26 bits per heavy atom. The molecule has 106 valence electrons. The predicted octanol–water partition coefficient (Wildman–Crippen LogP) is 0.785. The van der Waals surface area contributed by atoms with Gasteiger partial charge in [0.2, 0.25) is 5.91 Å². The summed E-state index contributed by atoms with van der Waals surface area (Å²) in [6, 6.07) is 0.563. The second-order valence-electron chi connectivity index (χ2n) is 5.19. The van der Waals surface area contributed by atoms with Crippen LogP contribution in [0.1, 0.15) is 17.7 Å². The average molecular weight is 282 g/mol. The molecule has 6 heteroatoms. The van der Waals surface area contributed by atoms with Crippen molar-refractivity contribution in [2.45, 2.75) is 25.4 Å². The highest BCUT2D eigenvalue weighted by atomic mass is 32.1. The first-order valence-corrected chi connectivity index (χ1v) is 7.56. The van der Waals surface area contributed by atoms with Crippen molar-refractivity contribution < 1.29 is 4.79 Å². The maximum absolute atomic E-state index is 11.6. The number of hydrogen-bond donors (Lipinski definition) is 1. The van der Waals surface area contributed by atoms with Gasteiger partial charge < -0.3 is 10.2 Å². The summed E-state index contributed by atoms with van der Waals surface area (Å²) in [5.74, 6) is 0.191. The van der Waals surface area contributed by atoms with Crippen molar-refractivity contribution in [1.82, 2.24) is 20.1 Å². The summed E-state index contributed by atoms with van der Waals surface area (Å²) in [6.07, 6.45) is 4.14. The molecule has 2 rings (SSSR count). The number of piperidine rings is 1. The lowest BCUT2D eigenvalue weighted by molar-refractivity contribution is -0.130. The van der Waals surface area contributed by atoms with Crippen molar-refractivity contribution >= 4 is 17.2 Å². The highest BCUT2D eigenvalue weighted by Gasteiger charge is 2.20. The molecule has 0 radical (unpaired) electrons. The smallest absolute Gasteiger partial charge is 0.236 e. The van der Waals surface area contributed by atoms with E-state index in [-0.39, 0.29) is 5.91 Å². The first-order valence-electron chi connectivity index (χ1n) is 6.68. The standard InChI is InChI=1S/C13H22N4OS/c1-16(2)13(18)9-17-5-3-11(4-6-17)15-8-12-7-14-10-19-12/h7,10-11,15H,3-6,8-9H2,1-2H3. The van der Waals surface area contributed by atoms with Crippen molar-refractivity contribution in [2.24, 2.45) is 0 Å². The number of likely N-dealkylation sites (N-methyl/N-ethyl adjacent to an activating group) is 1. The van der Waals surface area contributed by atoms with Gasteiger partial charge in [0.15, 0.2) is 0 Å². The predicted molar refractivity (Wildman–Crippen MR) is 77.1 cm³/mol. The van der Waals surface area contributed by atoms with E-state index >= 15 is 0 Å². The van der Waals surface area contributed by atoms with E-state index in [9.17, 15) is 4.79 Å². The number of amides is 1. The Hall–Kier alpha value is -0.980. The average Bonchev–Trinajstić information content (AvgIpc) is 2.91. The number of carbonyl (C=O) groups is 1. The molecule has 19 heavy (non-hydrogen) atoms. The van der Waals surface area contributed by atoms with E-state index in [1.807, 2.05) is 25.8 Å². The molecule has 0 atom stereocenters. The number of thiazole rings is 1. The molecular formula is C13H22N4OS. The summed E-state index contributed by atoms with van der Waals surface area (Å²) in [4.78, 5) is 20.9. The molecule has 1 aromatic rings. The molecule has 1 aliphatic rings. The van der Waals surface area contributed by atoms with Gasteiger partial charge >= 0.3 is 0 Å². The molecule has 1 saturated heterocycles. The molecule has 0 aliphatic carbocycles. The van der Waals surface area contributed by atoms with Crippen LogP contribution in [0.15, 0.2) is 11.7 Å². The molecule has 1 aliphatic heterocycles. The number of aromatic nitrogens is 1. The molecule has 1 aromatic heterocycles. The Labute approximate surface area is 118 Å². The molecule has 0 bridgehead atoms. The van der Waals surface area contributed by atoms with E-state index < -0.39 is 0 Å². The van der Waals surface area contributed by atoms with Crippen molar-refractivity contribution in [2.75, 3.05) is 33.7 Å². The monoisotopic (exact) mass is 282 g/mol. The molecular weight excluding hydrogens is 260 g/mol. The Kier molecular flexibility index (Phi) is 5.30. The summed E-state index contributed by atoms with van der Waals surface area (Å²) in [7, 11) is 3.62. The normalized spacial score (nSPS) is 17.6. The third-order valence-corrected chi connectivity index (χ3v) is 4.27. The number of hydrogen-bond acceptors (Lipinski definition) is 5. The highest BCUT2D eigenvalue weighted by molar-refractivity contribution is 7.09. The van der Waals surface area contributed by atoms with Crippen molar-refractivity contribution in [3.05, 3.63) is 16.6 Å². The quantitative estimate of drug-likeness (QED) is 0.867. The third kappa shape index (κ3) is 4.56. The zero-order valence-corrected chi connectivity index (χ0v) is 12.4. The minimum absolute atomic E-state index is 0.191. The number of nitrogens with one attached hydrogen (secondary N) is 1. The summed E-state index contributed by atoms with van der Waals surface area (Å²) in [5, 5.41) is 3.57.